The van der Waals surface area contributed by atoms with Gasteiger partial charge in [-0.15, -0.1) is 11.3 Å². The Labute approximate surface area is 123 Å². The second kappa shape index (κ2) is 6.94. The lowest BCUT2D eigenvalue weighted by Gasteiger charge is -2.17. The highest BCUT2D eigenvalue weighted by Gasteiger charge is 2.11. The maximum absolute atomic E-state index is 9.40. The van der Waals surface area contributed by atoms with E-state index in [1.165, 1.54) is 4.88 Å². The molecule has 0 fully saturated rings. The van der Waals surface area contributed by atoms with Crippen LogP contribution in [0.3, 0.4) is 0 Å². The first kappa shape index (κ1) is 14.4. The van der Waals surface area contributed by atoms with Gasteiger partial charge in [0, 0.05) is 17.5 Å². The summed E-state index contributed by atoms with van der Waals surface area (Å²) < 4.78 is 0. The van der Waals surface area contributed by atoms with Crippen molar-refractivity contribution in [2.24, 2.45) is 0 Å². The summed E-state index contributed by atoms with van der Waals surface area (Å²) in [5, 5.41) is 15.5. The minimum Gasteiger partial charge on any atom is -0.506 e. The molecule has 0 spiro atoms. The minimum absolute atomic E-state index is 0.133. The molecule has 2 N–H and O–H groups in total. The van der Waals surface area contributed by atoms with Crippen molar-refractivity contribution < 1.29 is 5.11 Å². The highest BCUT2D eigenvalue weighted by Crippen LogP contribution is 2.26. The first-order chi connectivity index (χ1) is 9.20. The molecule has 0 aliphatic carbocycles. The van der Waals surface area contributed by atoms with E-state index in [-0.39, 0.29) is 5.75 Å². The van der Waals surface area contributed by atoms with Crippen LogP contribution in [0.2, 0.25) is 5.02 Å². The van der Waals surface area contributed by atoms with Gasteiger partial charge in [-0.3, -0.25) is 0 Å². The maximum Gasteiger partial charge on any atom is 0.134 e. The van der Waals surface area contributed by atoms with E-state index >= 15 is 0 Å². The van der Waals surface area contributed by atoms with Gasteiger partial charge in [0.05, 0.1) is 5.02 Å². The van der Waals surface area contributed by atoms with Crippen molar-refractivity contribution in [3.8, 4) is 5.75 Å². The Morgan fingerprint density at radius 1 is 1.37 bits per heavy atom. The molecule has 1 aromatic heterocycles. The molecule has 0 saturated carbocycles. The average molecular weight is 296 g/mol. The van der Waals surface area contributed by atoms with Crippen LogP contribution in [0.5, 0.6) is 5.75 Å². The number of aromatic hydroxyl groups is 1. The van der Waals surface area contributed by atoms with Crippen molar-refractivity contribution in [3.63, 3.8) is 0 Å². The van der Waals surface area contributed by atoms with Crippen LogP contribution >= 0.6 is 22.9 Å². The lowest BCUT2D eigenvalue weighted by Crippen LogP contribution is -2.19. The van der Waals surface area contributed by atoms with E-state index in [0.717, 1.165) is 24.9 Å². The largest absolute Gasteiger partial charge is 0.506 e. The first-order valence-electron chi connectivity index (χ1n) is 6.45. The molecule has 0 aliphatic rings. The van der Waals surface area contributed by atoms with Crippen molar-refractivity contribution in [3.05, 3.63) is 51.2 Å². The highest BCUT2D eigenvalue weighted by molar-refractivity contribution is 7.10. The van der Waals surface area contributed by atoms with E-state index in [1.54, 1.807) is 23.5 Å². The van der Waals surface area contributed by atoms with Crippen LogP contribution in [0.4, 0.5) is 0 Å². The Hall–Kier alpha value is -1.03. The summed E-state index contributed by atoms with van der Waals surface area (Å²) in [5.74, 6) is 0.133. The molecule has 2 nitrogen and oxygen atoms in total. The van der Waals surface area contributed by atoms with Crippen molar-refractivity contribution in [2.45, 2.75) is 32.4 Å². The van der Waals surface area contributed by atoms with Gasteiger partial charge in [0.1, 0.15) is 5.75 Å². The molecule has 2 aromatic rings. The molecule has 0 aliphatic heterocycles. The number of rotatable bonds is 6. The number of halogens is 1. The number of nitrogens with one attached hydrogen (secondary N) is 1. The highest BCUT2D eigenvalue weighted by atomic mass is 35.5. The number of phenolic OH excluding ortho intramolecular Hbond substituents is 1. The molecule has 0 radical (unpaired) electrons. The zero-order chi connectivity index (χ0) is 13.7. The monoisotopic (exact) mass is 295 g/mol. The van der Waals surface area contributed by atoms with Crippen molar-refractivity contribution >= 4 is 22.9 Å². The van der Waals surface area contributed by atoms with E-state index in [1.807, 2.05) is 6.07 Å². The molecule has 19 heavy (non-hydrogen) atoms. The molecule has 1 unspecified atom stereocenters. The van der Waals surface area contributed by atoms with E-state index in [2.05, 4.69) is 29.8 Å². The number of hydrogen-bond donors (Lipinski definition) is 2. The summed E-state index contributed by atoms with van der Waals surface area (Å²) in [4.78, 5) is 1.37. The molecular formula is C15H18ClNOS. The molecule has 4 heteroatoms. The van der Waals surface area contributed by atoms with Gasteiger partial charge in [-0.1, -0.05) is 37.1 Å². The fraction of sp³-hybridized carbons (Fsp3) is 0.333. The Balaban J connectivity index is 2.00. The number of phenols is 1. The second-order valence-corrected chi connectivity index (χ2v) is 5.91. The van der Waals surface area contributed by atoms with E-state index < -0.39 is 0 Å². The zero-order valence-electron chi connectivity index (χ0n) is 10.9. The summed E-state index contributed by atoms with van der Waals surface area (Å²) in [6.07, 6.45) is 2.26. The fourth-order valence-corrected chi connectivity index (χ4v) is 3.06. The Kier molecular flexibility index (Phi) is 5.25. The molecule has 1 heterocycles. The second-order valence-electron chi connectivity index (χ2n) is 4.52. The van der Waals surface area contributed by atoms with Gasteiger partial charge in [-0.2, -0.15) is 0 Å². The third kappa shape index (κ3) is 3.96. The molecule has 2 rings (SSSR count). The van der Waals surface area contributed by atoms with Crippen LogP contribution in [-0.2, 0) is 6.54 Å². The number of hydrogen-bond acceptors (Lipinski definition) is 3. The van der Waals surface area contributed by atoms with E-state index in [0.29, 0.717) is 11.1 Å². The van der Waals surface area contributed by atoms with Crippen LogP contribution in [0.1, 0.15) is 36.2 Å². The van der Waals surface area contributed by atoms with Crippen LogP contribution in [0.25, 0.3) is 0 Å². The van der Waals surface area contributed by atoms with Crippen LogP contribution < -0.4 is 5.32 Å². The summed E-state index contributed by atoms with van der Waals surface area (Å²) in [6, 6.07) is 9.98. The van der Waals surface area contributed by atoms with Crippen molar-refractivity contribution in [1.29, 1.82) is 0 Å². The van der Waals surface area contributed by atoms with E-state index in [9.17, 15) is 5.11 Å². The van der Waals surface area contributed by atoms with Crippen molar-refractivity contribution in [1.82, 2.24) is 5.32 Å². The number of benzene rings is 1. The summed E-state index contributed by atoms with van der Waals surface area (Å²) in [7, 11) is 0. The number of thiophene rings is 1. The van der Waals surface area contributed by atoms with E-state index in [4.69, 9.17) is 11.6 Å². The zero-order valence-corrected chi connectivity index (χ0v) is 12.5. The predicted molar refractivity (Wildman–Crippen MR) is 81.9 cm³/mol. The molecular weight excluding hydrogens is 278 g/mol. The molecule has 0 saturated heterocycles. The summed E-state index contributed by atoms with van der Waals surface area (Å²) >= 11 is 7.70. The first-order valence-corrected chi connectivity index (χ1v) is 7.70. The Bertz CT molecular complexity index is 513. The molecule has 1 aromatic carbocycles. The normalized spacial score (nSPS) is 12.5. The van der Waals surface area contributed by atoms with Gasteiger partial charge in [0.15, 0.2) is 0 Å². The van der Waals surface area contributed by atoms with Gasteiger partial charge in [-0.25, -0.2) is 0 Å². The Morgan fingerprint density at radius 3 is 2.84 bits per heavy atom. The van der Waals surface area contributed by atoms with Crippen molar-refractivity contribution in [2.75, 3.05) is 0 Å². The summed E-state index contributed by atoms with van der Waals surface area (Å²) in [5.41, 5.74) is 1.08. The quantitative estimate of drug-likeness (QED) is 0.807. The third-order valence-electron chi connectivity index (χ3n) is 3.03. The smallest absolute Gasteiger partial charge is 0.134 e. The van der Waals surface area contributed by atoms with Crippen LogP contribution in [0.15, 0.2) is 35.7 Å². The molecule has 0 amide bonds. The van der Waals surface area contributed by atoms with Gasteiger partial charge < -0.3 is 10.4 Å². The SMILES string of the molecule is CCCC(NCc1ccc(O)c(Cl)c1)c1cccs1. The standard InChI is InChI=1S/C15H18ClNOS/c1-2-4-13(15-5-3-8-19-15)17-10-11-6-7-14(18)12(16)9-11/h3,5-9,13,17-18H,2,4,10H2,1H3. The fourth-order valence-electron chi connectivity index (χ4n) is 2.02. The van der Waals surface area contributed by atoms with Gasteiger partial charge >= 0.3 is 0 Å². The third-order valence-corrected chi connectivity index (χ3v) is 4.32. The topological polar surface area (TPSA) is 32.3 Å². The van der Waals surface area contributed by atoms with Gasteiger partial charge in [0.25, 0.3) is 0 Å². The summed E-state index contributed by atoms with van der Waals surface area (Å²) in [6.45, 7) is 2.95. The lowest BCUT2D eigenvalue weighted by molar-refractivity contribution is 0.474. The Morgan fingerprint density at radius 2 is 2.21 bits per heavy atom. The van der Waals surface area contributed by atoms with Gasteiger partial charge in [-0.05, 0) is 35.6 Å². The molecule has 0 bridgehead atoms. The predicted octanol–water partition coefficient (Wildman–Crippen LogP) is 4.74. The van der Waals surface area contributed by atoms with Crippen LogP contribution in [-0.4, -0.2) is 5.11 Å². The molecule has 102 valence electrons. The molecule has 1 atom stereocenters. The maximum atomic E-state index is 9.40. The van der Waals surface area contributed by atoms with Gasteiger partial charge in [0.2, 0.25) is 0 Å². The lowest BCUT2D eigenvalue weighted by atomic mass is 10.1. The average Bonchev–Trinajstić information content (AvgIpc) is 2.92. The van der Waals surface area contributed by atoms with Crippen LogP contribution in [0, 0.1) is 0 Å². The minimum atomic E-state index is 0.133.